The van der Waals surface area contributed by atoms with E-state index in [2.05, 4.69) is 31.0 Å². The quantitative estimate of drug-likeness (QED) is 0.734. The summed E-state index contributed by atoms with van der Waals surface area (Å²) in [6, 6.07) is 6.24. The number of aromatic nitrogens is 2. The Morgan fingerprint density at radius 2 is 1.45 bits per heavy atom. The van der Waals surface area contributed by atoms with E-state index in [0.29, 0.717) is 28.7 Å². The average molecular weight is 271 g/mol. The molecule has 100 valence electrons. The summed E-state index contributed by atoms with van der Waals surface area (Å²) in [5.74, 6) is 0.438. The number of hydrogen-bond donors (Lipinski definition) is 3. The Morgan fingerprint density at radius 1 is 0.850 bits per heavy atom. The van der Waals surface area contributed by atoms with Crippen LogP contribution in [0.5, 0.6) is 0 Å². The van der Waals surface area contributed by atoms with Crippen LogP contribution in [0.25, 0.3) is 0 Å². The fraction of sp³-hybridized carbons (Fsp3) is 0. The number of hydrogen-bond acceptors (Lipinski definition) is 7. The van der Waals surface area contributed by atoms with Gasteiger partial charge in [0.2, 0.25) is 0 Å². The first-order valence-corrected chi connectivity index (χ1v) is 5.74. The van der Waals surface area contributed by atoms with Gasteiger partial charge in [-0.15, -0.1) is 10.2 Å². The van der Waals surface area contributed by atoms with Gasteiger partial charge < -0.3 is 5.73 Å². The summed E-state index contributed by atoms with van der Waals surface area (Å²) in [5.41, 5.74) is 12.9. The third-order valence-electron chi connectivity index (χ3n) is 2.55. The van der Waals surface area contributed by atoms with Crippen molar-refractivity contribution < 1.29 is 4.39 Å². The third kappa shape index (κ3) is 2.39. The molecule has 2 aromatic heterocycles. The normalized spacial score (nSPS) is 13.8. The minimum atomic E-state index is -0.409. The standard InChI is InChI=1S/C12H10FN7/c13-7-1-3-9(15-5-7)11-17-19-12(20-18-11)10-4-2-8(14)6-16-10/h1-6H,14H2,(H,17,18)(H,19,20). The zero-order chi connectivity index (χ0) is 13.9. The molecule has 1 aliphatic heterocycles. The molecule has 2 aromatic rings. The molecule has 0 radical (unpaired) electrons. The van der Waals surface area contributed by atoms with E-state index in [9.17, 15) is 4.39 Å². The minimum Gasteiger partial charge on any atom is -0.397 e. The molecule has 0 saturated heterocycles. The first kappa shape index (κ1) is 12.0. The zero-order valence-corrected chi connectivity index (χ0v) is 10.2. The van der Waals surface area contributed by atoms with E-state index in [1.54, 1.807) is 12.1 Å². The van der Waals surface area contributed by atoms with Crippen LogP contribution < -0.4 is 16.6 Å². The highest BCUT2D eigenvalue weighted by Crippen LogP contribution is 2.05. The molecule has 3 heterocycles. The van der Waals surface area contributed by atoms with Gasteiger partial charge >= 0.3 is 0 Å². The van der Waals surface area contributed by atoms with Gasteiger partial charge in [0.15, 0.2) is 11.7 Å². The highest BCUT2D eigenvalue weighted by molar-refractivity contribution is 6.04. The molecule has 0 bridgehead atoms. The minimum absolute atomic E-state index is 0.393. The molecule has 0 spiro atoms. The highest BCUT2D eigenvalue weighted by Gasteiger charge is 2.13. The maximum Gasteiger partial charge on any atom is 0.193 e. The predicted molar refractivity (Wildman–Crippen MR) is 72.2 cm³/mol. The summed E-state index contributed by atoms with van der Waals surface area (Å²) < 4.78 is 12.8. The number of pyridine rings is 2. The molecule has 0 atom stereocenters. The fourth-order valence-electron chi connectivity index (χ4n) is 1.56. The van der Waals surface area contributed by atoms with Gasteiger partial charge in [-0.1, -0.05) is 0 Å². The van der Waals surface area contributed by atoms with Crippen LogP contribution in [0.1, 0.15) is 11.4 Å². The molecule has 3 rings (SSSR count). The van der Waals surface area contributed by atoms with Gasteiger partial charge in [-0.25, -0.2) is 9.37 Å². The van der Waals surface area contributed by atoms with Crippen molar-refractivity contribution in [2.75, 3.05) is 5.73 Å². The first-order chi connectivity index (χ1) is 9.72. The Morgan fingerprint density at radius 3 is 1.90 bits per heavy atom. The van der Waals surface area contributed by atoms with Crippen LogP contribution in [-0.2, 0) is 0 Å². The van der Waals surface area contributed by atoms with Crippen molar-refractivity contribution in [1.29, 1.82) is 0 Å². The number of nitrogens with two attached hydrogens (primary N) is 1. The van der Waals surface area contributed by atoms with Crippen LogP contribution in [0, 0.1) is 5.82 Å². The number of hydrazine groups is 1. The van der Waals surface area contributed by atoms with Crippen LogP contribution in [0.2, 0.25) is 0 Å². The van der Waals surface area contributed by atoms with Crippen LogP contribution in [0.15, 0.2) is 46.9 Å². The molecule has 0 saturated carbocycles. The van der Waals surface area contributed by atoms with E-state index in [1.807, 2.05) is 0 Å². The van der Waals surface area contributed by atoms with Crippen molar-refractivity contribution >= 4 is 17.4 Å². The lowest BCUT2D eigenvalue weighted by atomic mass is 10.3. The van der Waals surface area contributed by atoms with Crippen LogP contribution in [-0.4, -0.2) is 21.6 Å². The molecule has 0 unspecified atom stereocenters. The first-order valence-electron chi connectivity index (χ1n) is 5.74. The van der Waals surface area contributed by atoms with E-state index < -0.39 is 5.82 Å². The van der Waals surface area contributed by atoms with Crippen LogP contribution >= 0.6 is 0 Å². The summed E-state index contributed by atoms with van der Waals surface area (Å²) in [6.07, 6.45) is 2.64. The molecule has 1 aliphatic rings. The van der Waals surface area contributed by atoms with Crippen molar-refractivity contribution in [2.45, 2.75) is 0 Å². The van der Waals surface area contributed by atoms with Gasteiger partial charge in [0.1, 0.15) is 17.2 Å². The van der Waals surface area contributed by atoms with Crippen molar-refractivity contribution in [3.05, 3.63) is 53.9 Å². The van der Waals surface area contributed by atoms with Gasteiger partial charge in [-0.3, -0.25) is 15.8 Å². The lowest BCUT2D eigenvalue weighted by molar-refractivity contribution is 0.621. The number of nitrogens with one attached hydrogen (secondary N) is 2. The molecule has 0 aliphatic carbocycles. The van der Waals surface area contributed by atoms with Crippen molar-refractivity contribution in [3.8, 4) is 0 Å². The molecule has 20 heavy (non-hydrogen) atoms. The predicted octanol–water partition coefficient (Wildman–Crippen LogP) is 0.414. The number of nitrogen functional groups attached to an aromatic ring is 1. The van der Waals surface area contributed by atoms with E-state index in [1.165, 1.54) is 18.3 Å². The van der Waals surface area contributed by atoms with Gasteiger partial charge in [0, 0.05) is 0 Å². The van der Waals surface area contributed by atoms with Crippen LogP contribution in [0.3, 0.4) is 0 Å². The van der Waals surface area contributed by atoms with Crippen molar-refractivity contribution in [2.24, 2.45) is 10.2 Å². The summed E-state index contributed by atoms with van der Waals surface area (Å²) in [5, 5.41) is 7.99. The van der Waals surface area contributed by atoms with Gasteiger partial charge in [-0.2, -0.15) is 0 Å². The maximum absolute atomic E-state index is 12.8. The Kier molecular flexibility index (Phi) is 2.96. The summed E-state index contributed by atoms with van der Waals surface area (Å²) >= 11 is 0. The van der Waals surface area contributed by atoms with E-state index in [4.69, 9.17) is 5.73 Å². The Balaban J connectivity index is 1.85. The average Bonchev–Trinajstić information content (AvgIpc) is 2.49. The number of rotatable bonds is 2. The second kappa shape index (κ2) is 4.92. The number of anilines is 1. The van der Waals surface area contributed by atoms with Gasteiger partial charge in [-0.05, 0) is 24.3 Å². The molecule has 0 aromatic carbocycles. The Hall–Kier alpha value is -3.03. The van der Waals surface area contributed by atoms with E-state index >= 15 is 0 Å². The Bertz CT molecular complexity index is 614. The fourth-order valence-corrected chi connectivity index (χ4v) is 1.56. The highest BCUT2D eigenvalue weighted by atomic mass is 19.1. The Labute approximate surface area is 113 Å². The maximum atomic E-state index is 12.8. The molecule has 8 heteroatoms. The molecular weight excluding hydrogens is 261 g/mol. The lowest BCUT2D eigenvalue weighted by Crippen LogP contribution is -2.45. The monoisotopic (exact) mass is 271 g/mol. The van der Waals surface area contributed by atoms with Gasteiger partial charge in [0.05, 0.1) is 18.1 Å². The molecule has 0 amide bonds. The third-order valence-corrected chi connectivity index (χ3v) is 2.55. The largest absolute Gasteiger partial charge is 0.397 e. The number of amidine groups is 2. The summed E-state index contributed by atoms with van der Waals surface area (Å²) in [4.78, 5) is 8.02. The SMILES string of the molecule is Nc1ccc(C2=NN=C(c3ccc(F)cn3)NN2)nc1. The lowest BCUT2D eigenvalue weighted by Gasteiger charge is -2.15. The molecule has 7 nitrogen and oxygen atoms in total. The molecular formula is C12H10FN7. The second-order valence-corrected chi connectivity index (χ2v) is 3.99. The topological polar surface area (TPSA) is 101 Å². The second-order valence-electron chi connectivity index (χ2n) is 3.99. The zero-order valence-electron chi connectivity index (χ0n) is 10.2. The molecule has 0 fully saturated rings. The van der Waals surface area contributed by atoms with E-state index in [-0.39, 0.29) is 0 Å². The van der Waals surface area contributed by atoms with Crippen molar-refractivity contribution in [3.63, 3.8) is 0 Å². The number of halogens is 1. The number of nitrogens with zero attached hydrogens (tertiary/aromatic N) is 4. The van der Waals surface area contributed by atoms with Gasteiger partial charge in [0.25, 0.3) is 0 Å². The summed E-state index contributed by atoms with van der Waals surface area (Å²) in [6.45, 7) is 0. The van der Waals surface area contributed by atoms with E-state index in [0.717, 1.165) is 6.20 Å². The van der Waals surface area contributed by atoms with Crippen molar-refractivity contribution in [1.82, 2.24) is 20.8 Å². The van der Waals surface area contributed by atoms with Crippen LogP contribution in [0.4, 0.5) is 10.1 Å². The smallest absolute Gasteiger partial charge is 0.193 e. The summed E-state index contributed by atoms with van der Waals surface area (Å²) in [7, 11) is 0. The molecule has 4 N–H and O–H groups in total.